The Labute approximate surface area is 173 Å². The summed E-state index contributed by atoms with van der Waals surface area (Å²) in [6.45, 7) is 11.7. The van der Waals surface area contributed by atoms with Gasteiger partial charge in [-0.15, -0.1) is 0 Å². The van der Waals surface area contributed by atoms with Crippen molar-refractivity contribution in [1.82, 2.24) is 14.9 Å². The molecular formula is C24H31N3O2. The first-order valence-electron chi connectivity index (χ1n) is 10.2. The lowest BCUT2D eigenvalue weighted by molar-refractivity contribution is -0.128. The highest BCUT2D eigenvalue weighted by Gasteiger charge is 2.21. The van der Waals surface area contributed by atoms with E-state index < -0.39 is 5.41 Å². The molecule has 2 aromatic carbocycles. The van der Waals surface area contributed by atoms with Gasteiger partial charge < -0.3 is 14.6 Å². The van der Waals surface area contributed by atoms with Crippen LogP contribution in [0.5, 0.6) is 5.75 Å². The van der Waals surface area contributed by atoms with Gasteiger partial charge in [0.2, 0.25) is 5.91 Å². The summed E-state index contributed by atoms with van der Waals surface area (Å²) in [5, 5.41) is 3.02. The Morgan fingerprint density at radius 2 is 1.76 bits per heavy atom. The van der Waals surface area contributed by atoms with E-state index in [1.165, 1.54) is 0 Å². The molecule has 1 N–H and O–H groups in total. The molecule has 0 aliphatic heterocycles. The van der Waals surface area contributed by atoms with Crippen molar-refractivity contribution < 1.29 is 9.53 Å². The maximum Gasteiger partial charge on any atom is 0.225 e. The summed E-state index contributed by atoms with van der Waals surface area (Å²) in [6, 6.07) is 14.3. The summed E-state index contributed by atoms with van der Waals surface area (Å²) in [7, 11) is 0. The Hall–Kier alpha value is -2.82. The van der Waals surface area contributed by atoms with Crippen LogP contribution in [0.1, 0.15) is 44.1 Å². The molecule has 1 amide bonds. The zero-order valence-electron chi connectivity index (χ0n) is 18.1. The molecule has 3 aromatic rings. The van der Waals surface area contributed by atoms with Crippen molar-refractivity contribution in [2.24, 2.45) is 5.41 Å². The van der Waals surface area contributed by atoms with Crippen LogP contribution in [0.4, 0.5) is 0 Å². The van der Waals surface area contributed by atoms with E-state index in [1.807, 2.05) is 45.0 Å². The van der Waals surface area contributed by atoms with Gasteiger partial charge in [0.1, 0.15) is 11.6 Å². The molecule has 0 radical (unpaired) electrons. The Balaban J connectivity index is 1.70. The first kappa shape index (κ1) is 20.9. The minimum Gasteiger partial charge on any atom is -0.493 e. The van der Waals surface area contributed by atoms with Crippen LogP contribution in [-0.2, 0) is 17.9 Å². The maximum absolute atomic E-state index is 12.3. The van der Waals surface area contributed by atoms with Crippen LogP contribution in [-0.4, -0.2) is 22.1 Å². The highest BCUT2D eigenvalue weighted by Crippen LogP contribution is 2.23. The molecule has 0 unspecified atom stereocenters. The Kier molecular flexibility index (Phi) is 6.26. The molecule has 0 aliphatic carbocycles. The summed E-state index contributed by atoms with van der Waals surface area (Å²) in [5.74, 6) is 1.87. The Bertz CT molecular complexity index is 979. The fourth-order valence-electron chi connectivity index (χ4n) is 3.36. The molecular weight excluding hydrogens is 362 g/mol. The molecule has 0 atom stereocenters. The number of benzene rings is 2. The van der Waals surface area contributed by atoms with Gasteiger partial charge in [0.15, 0.2) is 0 Å². The Morgan fingerprint density at radius 1 is 1.07 bits per heavy atom. The van der Waals surface area contributed by atoms with Crippen molar-refractivity contribution in [3.05, 3.63) is 59.4 Å². The number of aromatic nitrogens is 2. The number of hydrogen-bond acceptors (Lipinski definition) is 3. The number of aryl methyl sites for hydroxylation is 3. The minimum absolute atomic E-state index is 0.0227. The summed E-state index contributed by atoms with van der Waals surface area (Å²) < 4.78 is 8.24. The van der Waals surface area contributed by atoms with Crippen LogP contribution in [0.25, 0.3) is 11.0 Å². The summed E-state index contributed by atoms with van der Waals surface area (Å²) >= 11 is 0. The van der Waals surface area contributed by atoms with Gasteiger partial charge in [-0.05, 0) is 43.5 Å². The second-order valence-corrected chi connectivity index (χ2v) is 8.52. The zero-order valence-corrected chi connectivity index (χ0v) is 18.1. The smallest absolute Gasteiger partial charge is 0.225 e. The Morgan fingerprint density at radius 3 is 2.45 bits per heavy atom. The monoisotopic (exact) mass is 393 g/mol. The summed E-state index contributed by atoms with van der Waals surface area (Å²) in [5.41, 5.74) is 3.92. The molecule has 3 rings (SSSR count). The number of hydrogen-bond donors (Lipinski definition) is 1. The maximum atomic E-state index is 12.3. The molecule has 0 fully saturated rings. The highest BCUT2D eigenvalue weighted by molar-refractivity contribution is 5.81. The van der Waals surface area contributed by atoms with Crippen LogP contribution in [0, 0.1) is 19.3 Å². The molecule has 1 heterocycles. The topological polar surface area (TPSA) is 56.1 Å². The number of nitrogens with one attached hydrogen (secondary N) is 1. The van der Waals surface area contributed by atoms with Gasteiger partial charge in [0.05, 0.1) is 24.2 Å². The predicted octanol–water partition coefficient (Wildman–Crippen LogP) is 4.78. The van der Waals surface area contributed by atoms with Gasteiger partial charge in [-0.25, -0.2) is 4.98 Å². The number of para-hydroxylation sites is 3. The molecule has 0 saturated heterocycles. The lowest BCUT2D eigenvalue weighted by Gasteiger charge is -2.18. The van der Waals surface area contributed by atoms with Crippen molar-refractivity contribution in [2.75, 3.05) is 6.61 Å². The number of carbonyl (C=O) groups is 1. The average molecular weight is 394 g/mol. The van der Waals surface area contributed by atoms with E-state index in [4.69, 9.17) is 9.72 Å². The van der Waals surface area contributed by atoms with Gasteiger partial charge >= 0.3 is 0 Å². The first-order valence-corrected chi connectivity index (χ1v) is 10.2. The van der Waals surface area contributed by atoms with Gasteiger partial charge in [-0.3, -0.25) is 4.79 Å². The fourth-order valence-corrected chi connectivity index (χ4v) is 3.36. The van der Waals surface area contributed by atoms with Crippen LogP contribution < -0.4 is 10.1 Å². The zero-order chi connectivity index (χ0) is 21.0. The van der Waals surface area contributed by atoms with E-state index in [2.05, 4.69) is 41.9 Å². The number of imidazole rings is 1. The highest BCUT2D eigenvalue weighted by atomic mass is 16.5. The first-order chi connectivity index (χ1) is 13.8. The van der Waals surface area contributed by atoms with Crippen LogP contribution in [0.2, 0.25) is 0 Å². The lowest BCUT2D eigenvalue weighted by Crippen LogP contribution is -2.35. The quantitative estimate of drug-likeness (QED) is 0.588. The lowest BCUT2D eigenvalue weighted by atomic mass is 9.96. The van der Waals surface area contributed by atoms with Crippen LogP contribution in [0.3, 0.4) is 0 Å². The number of rotatable bonds is 7. The average Bonchev–Trinajstić information content (AvgIpc) is 3.02. The van der Waals surface area contributed by atoms with E-state index in [0.29, 0.717) is 13.2 Å². The van der Waals surface area contributed by atoms with E-state index >= 15 is 0 Å². The van der Waals surface area contributed by atoms with Crippen LogP contribution >= 0.6 is 0 Å². The van der Waals surface area contributed by atoms with E-state index in [9.17, 15) is 4.79 Å². The van der Waals surface area contributed by atoms with Crippen molar-refractivity contribution in [2.45, 2.75) is 54.1 Å². The minimum atomic E-state index is -0.421. The van der Waals surface area contributed by atoms with Gasteiger partial charge in [-0.2, -0.15) is 0 Å². The fraction of sp³-hybridized carbons (Fsp3) is 0.417. The normalized spacial score (nSPS) is 11.6. The molecule has 0 saturated carbocycles. The molecule has 0 aliphatic rings. The number of fused-ring (bicyclic) bond motifs is 1. The summed E-state index contributed by atoms with van der Waals surface area (Å²) in [4.78, 5) is 17.0. The predicted molar refractivity (Wildman–Crippen MR) is 117 cm³/mol. The molecule has 0 spiro atoms. The third kappa shape index (κ3) is 4.97. The molecule has 5 nitrogen and oxygen atoms in total. The van der Waals surface area contributed by atoms with Crippen LogP contribution in [0.15, 0.2) is 42.5 Å². The SMILES string of the molecule is Cc1cccc(C)c1OCCCn1c(CNC(=O)C(C)(C)C)nc2ccccc21. The third-order valence-electron chi connectivity index (χ3n) is 5.00. The van der Waals surface area contributed by atoms with Crippen molar-refractivity contribution in [3.8, 4) is 5.75 Å². The number of amides is 1. The van der Waals surface area contributed by atoms with Gasteiger partial charge in [0.25, 0.3) is 0 Å². The molecule has 5 heteroatoms. The van der Waals surface area contributed by atoms with Gasteiger partial charge in [0, 0.05) is 12.0 Å². The van der Waals surface area contributed by atoms with Gasteiger partial charge in [-0.1, -0.05) is 51.1 Å². The number of ether oxygens (including phenoxy) is 1. The van der Waals surface area contributed by atoms with E-state index in [1.54, 1.807) is 0 Å². The molecule has 29 heavy (non-hydrogen) atoms. The number of carbonyl (C=O) groups excluding carboxylic acids is 1. The van der Waals surface area contributed by atoms with Crippen molar-refractivity contribution >= 4 is 16.9 Å². The van der Waals surface area contributed by atoms with E-state index in [-0.39, 0.29) is 5.91 Å². The summed E-state index contributed by atoms with van der Waals surface area (Å²) in [6.07, 6.45) is 0.856. The number of nitrogens with zero attached hydrogens (tertiary/aromatic N) is 2. The second kappa shape index (κ2) is 8.68. The van der Waals surface area contributed by atoms with E-state index in [0.717, 1.165) is 46.7 Å². The van der Waals surface area contributed by atoms with Crippen molar-refractivity contribution in [1.29, 1.82) is 0 Å². The third-order valence-corrected chi connectivity index (χ3v) is 5.00. The second-order valence-electron chi connectivity index (χ2n) is 8.52. The largest absolute Gasteiger partial charge is 0.493 e. The molecule has 1 aromatic heterocycles. The standard InChI is InChI=1S/C24H31N3O2/c1-17-10-8-11-18(2)22(17)29-15-9-14-27-20-13-7-6-12-19(20)26-21(27)16-25-23(28)24(3,4)5/h6-8,10-13H,9,14-16H2,1-5H3,(H,25,28). The molecule has 0 bridgehead atoms. The molecule has 154 valence electrons. The van der Waals surface area contributed by atoms with Crippen molar-refractivity contribution in [3.63, 3.8) is 0 Å².